The van der Waals surface area contributed by atoms with E-state index in [4.69, 9.17) is 4.98 Å². The fourth-order valence-electron chi connectivity index (χ4n) is 2.75. The number of hydrogen-bond acceptors (Lipinski definition) is 4. The SMILES string of the molecule is Bc1cnn2c(NCc3cc[nH]c(=O)c3)cc(-c3ccccc3)nc12. The molecule has 7 heteroatoms. The summed E-state index contributed by atoms with van der Waals surface area (Å²) >= 11 is 0. The number of rotatable bonds is 4. The first-order valence-electron chi connectivity index (χ1n) is 8.03. The van der Waals surface area contributed by atoms with E-state index >= 15 is 0 Å². The van der Waals surface area contributed by atoms with E-state index in [1.165, 1.54) is 0 Å². The molecule has 3 aromatic heterocycles. The highest BCUT2D eigenvalue weighted by molar-refractivity contribution is 6.36. The molecule has 0 saturated heterocycles. The molecule has 0 amide bonds. The molecule has 122 valence electrons. The quantitative estimate of drug-likeness (QED) is 0.547. The van der Waals surface area contributed by atoms with E-state index in [-0.39, 0.29) is 5.56 Å². The maximum Gasteiger partial charge on any atom is 0.248 e. The van der Waals surface area contributed by atoms with Crippen molar-refractivity contribution in [2.75, 3.05) is 5.32 Å². The third-order valence-corrected chi connectivity index (χ3v) is 4.03. The van der Waals surface area contributed by atoms with Crippen LogP contribution in [0.15, 0.2) is 65.7 Å². The van der Waals surface area contributed by atoms with Crippen LogP contribution in [0.3, 0.4) is 0 Å². The summed E-state index contributed by atoms with van der Waals surface area (Å²) in [6.45, 7) is 0.524. The van der Waals surface area contributed by atoms with Crippen LogP contribution in [0.25, 0.3) is 16.9 Å². The van der Waals surface area contributed by atoms with E-state index in [0.717, 1.165) is 33.7 Å². The number of benzene rings is 1. The van der Waals surface area contributed by atoms with Gasteiger partial charge < -0.3 is 10.3 Å². The van der Waals surface area contributed by atoms with Crippen molar-refractivity contribution in [1.29, 1.82) is 0 Å². The standard InChI is InChI=1S/C18H16BN5O/c19-14-11-22-24-16(21-10-12-6-7-20-17(25)8-12)9-15(23-18(14)24)13-4-2-1-3-5-13/h1-9,11,21H,10,19H2,(H,20,25). The zero-order chi connectivity index (χ0) is 17.2. The molecular weight excluding hydrogens is 313 g/mol. The maximum absolute atomic E-state index is 11.4. The van der Waals surface area contributed by atoms with Crippen molar-refractivity contribution in [2.45, 2.75) is 6.54 Å². The average molecular weight is 329 g/mol. The topological polar surface area (TPSA) is 75.1 Å². The van der Waals surface area contributed by atoms with Crippen molar-refractivity contribution >= 4 is 24.8 Å². The molecule has 0 radical (unpaired) electrons. The van der Waals surface area contributed by atoms with Gasteiger partial charge in [0.05, 0.1) is 5.69 Å². The van der Waals surface area contributed by atoms with Gasteiger partial charge in [0.1, 0.15) is 13.7 Å². The van der Waals surface area contributed by atoms with Gasteiger partial charge in [0.2, 0.25) is 5.56 Å². The van der Waals surface area contributed by atoms with E-state index in [9.17, 15) is 4.79 Å². The van der Waals surface area contributed by atoms with Gasteiger partial charge in [-0.05, 0) is 17.1 Å². The summed E-state index contributed by atoms with van der Waals surface area (Å²) in [6, 6.07) is 15.5. The molecule has 0 aliphatic heterocycles. The number of hydrogen-bond donors (Lipinski definition) is 2. The lowest BCUT2D eigenvalue weighted by molar-refractivity contribution is 0.925. The van der Waals surface area contributed by atoms with Gasteiger partial charge in [-0.15, -0.1) is 0 Å². The Morgan fingerprint density at radius 2 is 2.00 bits per heavy atom. The molecule has 0 bridgehead atoms. The number of anilines is 1. The van der Waals surface area contributed by atoms with Crippen molar-refractivity contribution in [3.8, 4) is 11.3 Å². The first-order chi connectivity index (χ1) is 12.2. The second kappa shape index (κ2) is 6.28. The molecule has 0 aliphatic rings. The number of H-pyrrole nitrogens is 1. The van der Waals surface area contributed by atoms with Crippen molar-refractivity contribution in [1.82, 2.24) is 19.6 Å². The molecule has 4 rings (SSSR count). The molecule has 0 saturated carbocycles. The zero-order valence-electron chi connectivity index (χ0n) is 13.7. The van der Waals surface area contributed by atoms with E-state index in [2.05, 4.69) is 15.4 Å². The lowest BCUT2D eigenvalue weighted by atomic mass is 10.0. The molecule has 0 fully saturated rings. The molecule has 0 unspecified atom stereocenters. The zero-order valence-corrected chi connectivity index (χ0v) is 13.7. The van der Waals surface area contributed by atoms with Gasteiger partial charge in [-0.1, -0.05) is 30.3 Å². The van der Waals surface area contributed by atoms with Crippen LogP contribution in [-0.4, -0.2) is 27.4 Å². The minimum atomic E-state index is -0.112. The van der Waals surface area contributed by atoms with Gasteiger partial charge in [0.15, 0.2) is 5.65 Å². The monoisotopic (exact) mass is 329 g/mol. The highest BCUT2D eigenvalue weighted by Gasteiger charge is 2.10. The van der Waals surface area contributed by atoms with Gasteiger partial charge in [0.25, 0.3) is 0 Å². The lowest BCUT2D eigenvalue weighted by Gasteiger charge is -2.11. The van der Waals surface area contributed by atoms with Crippen LogP contribution in [0.1, 0.15) is 5.56 Å². The van der Waals surface area contributed by atoms with Crippen LogP contribution in [0.2, 0.25) is 0 Å². The number of aromatic nitrogens is 4. The minimum absolute atomic E-state index is 0.112. The van der Waals surface area contributed by atoms with Crippen molar-refractivity contribution in [3.05, 3.63) is 76.8 Å². The fourth-order valence-corrected chi connectivity index (χ4v) is 2.75. The van der Waals surface area contributed by atoms with E-state index < -0.39 is 0 Å². The van der Waals surface area contributed by atoms with E-state index in [1.807, 2.05) is 50.3 Å². The molecule has 4 aromatic rings. The second-order valence-electron chi connectivity index (χ2n) is 5.87. The Bertz CT molecular complexity index is 1090. The Balaban J connectivity index is 1.75. The summed E-state index contributed by atoms with van der Waals surface area (Å²) in [4.78, 5) is 18.8. The molecule has 6 nitrogen and oxygen atoms in total. The summed E-state index contributed by atoms with van der Waals surface area (Å²) in [5.74, 6) is 0.831. The Morgan fingerprint density at radius 1 is 1.16 bits per heavy atom. The van der Waals surface area contributed by atoms with Crippen molar-refractivity contribution < 1.29 is 0 Å². The first-order valence-corrected chi connectivity index (χ1v) is 8.03. The fraction of sp³-hybridized carbons (Fsp3) is 0.0556. The molecule has 3 heterocycles. The number of aromatic amines is 1. The van der Waals surface area contributed by atoms with Gasteiger partial charge in [0, 0.05) is 36.6 Å². The summed E-state index contributed by atoms with van der Waals surface area (Å²) < 4.78 is 1.79. The lowest BCUT2D eigenvalue weighted by Crippen LogP contribution is -2.11. The van der Waals surface area contributed by atoms with Crippen molar-refractivity contribution in [3.63, 3.8) is 0 Å². The third kappa shape index (κ3) is 3.04. The first kappa shape index (κ1) is 15.2. The van der Waals surface area contributed by atoms with Crippen LogP contribution < -0.4 is 16.3 Å². The predicted molar refractivity (Wildman–Crippen MR) is 101 cm³/mol. The Labute approximate surface area is 145 Å². The normalized spacial score (nSPS) is 10.9. The number of nitrogens with zero attached hydrogens (tertiary/aromatic N) is 3. The highest BCUT2D eigenvalue weighted by atomic mass is 16.1. The largest absolute Gasteiger partial charge is 0.366 e. The van der Waals surface area contributed by atoms with Crippen LogP contribution in [0, 0.1) is 0 Å². The van der Waals surface area contributed by atoms with Crippen LogP contribution in [0.4, 0.5) is 5.82 Å². The van der Waals surface area contributed by atoms with E-state index in [1.54, 1.807) is 23.0 Å². The Morgan fingerprint density at radius 3 is 2.80 bits per heavy atom. The third-order valence-electron chi connectivity index (χ3n) is 4.03. The van der Waals surface area contributed by atoms with Gasteiger partial charge >= 0.3 is 0 Å². The number of fused-ring (bicyclic) bond motifs is 1. The van der Waals surface area contributed by atoms with Gasteiger partial charge in [-0.25, -0.2) is 4.98 Å². The highest BCUT2D eigenvalue weighted by Crippen LogP contribution is 2.21. The molecule has 2 N–H and O–H groups in total. The van der Waals surface area contributed by atoms with Gasteiger partial charge in [-0.2, -0.15) is 9.61 Å². The van der Waals surface area contributed by atoms with Crippen LogP contribution in [0.5, 0.6) is 0 Å². The minimum Gasteiger partial charge on any atom is -0.366 e. The molecule has 0 spiro atoms. The molecule has 25 heavy (non-hydrogen) atoms. The summed E-state index contributed by atoms with van der Waals surface area (Å²) in [5.41, 5.74) is 4.54. The van der Waals surface area contributed by atoms with Gasteiger partial charge in [-0.3, -0.25) is 4.79 Å². The average Bonchev–Trinajstić information content (AvgIpc) is 3.02. The molecule has 0 aliphatic carbocycles. The molecular formula is C18H16BN5O. The Hall–Kier alpha value is -3.35. The summed E-state index contributed by atoms with van der Waals surface area (Å²) in [6.07, 6.45) is 3.45. The predicted octanol–water partition coefficient (Wildman–Crippen LogP) is 0.955. The smallest absolute Gasteiger partial charge is 0.248 e. The molecule has 0 atom stereocenters. The van der Waals surface area contributed by atoms with Crippen molar-refractivity contribution in [2.24, 2.45) is 0 Å². The Kier molecular flexibility index (Phi) is 3.82. The number of nitrogens with one attached hydrogen (secondary N) is 2. The van der Waals surface area contributed by atoms with Crippen LogP contribution in [-0.2, 0) is 6.54 Å². The summed E-state index contributed by atoms with van der Waals surface area (Å²) in [7, 11) is 1.99. The van der Waals surface area contributed by atoms with E-state index in [0.29, 0.717) is 6.54 Å². The van der Waals surface area contributed by atoms with Crippen LogP contribution >= 0.6 is 0 Å². The number of pyridine rings is 1. The molecule has 1 aromatic carbocycles. The maximum atomic E-state index is 11.4. The second-order valence-corrected chi connectivity index (χ2v) is 5.87. The summed E-state index contributed by atoms with van der Waals surface area (Å²) in [5, 5.41) is 7.77.